The van der Waals surface area contributed by atoms with Gasteiger partial charge in [0.1, 0.15) is 11.4 Å². The summed E-state index contributed by atoms with van der Waals surface area (Å²) in [6.07, 6.45) is -8.69. The first-order valence-electron chi connectivity index (χ1n) is 8.92. The van der Waals surface area contributed by atoms with Crippen molar-refractivity contribution in [2.75, 3.05) is 7.11 Å². The Hall–Kier alpha value is -1.58. The Morgan fingerprint density at radius 2 is 1.84 bits per heavy atom. The summed E-state index contributed by atoms with van der Waals surface area (Å²) in [5.74, 6) is -1.52. The van der Waals surface area contributed by atoms with Crippen molar-refractivity contribution in [3.05, 3.63) is 61.9 Å². The van der Waals surface area contributed by atoms with Crippen LogP contribution in [-0.4, -0.2) is 18.1 Å². The summed E-state index contributed by atoms with van der Waals surface area (Å²) in [6.45, 7) is 3.33. The highest BCUT2D eigenvalue weighted by Gasteiger charge is 2.42. The maximum atomic E-state index is 14.0. The average molecular weight is 502 g/mol. The summed E-state index contributed by atoms with van der Waals surface area (Å²) in [5, 5.41) is -1.12. The van der Waals surface area contributed by atoms with Crippen molar-refractivity contribution in [3.63, 3.8) is 0 Å². The van der Waals surface area contributed by atoms with E-state index in [0.29, 0.717) is 0 Å². The van der Waals surface area contributed by atoms with Crippen LogP contribution in [0.4, 0.5) is 22.0 Å². The summed E-state index contributed by atoms with van der Waals surface area (Å²) in [6, 6.07) is 4.13. The summed E-state index contributed by atoms with van der Waals surface area (Å²) < 4.78 is 73.9. The second-order valence-corrected chi connectivity index (χ2v) is 8.43. The Balaban J connectivity index is 3.04. The minimum absolute atomic E-state index is 0.0607. The zero-order valence-electron chi connectivity index (χ0n) is 16.5. The lowest BCUT2D eigenvalue weighted by Gasteiger charge is -2.26. The topological polar surface area (TPSA) is 39.2 Å². The van der Waals surface area contributed by atoms with Crippen molar-refractivity contribution in [3.8, 4) is 0 Å². The molecule has 0 amide bonds. The quantitative estimate of drug-likeness (QED) is 0.255. The van der Waals surface area contributed by atoms with Crippen LogP contribution in [-0.2, 0) is 17.3 Å². The molecule has 0 aliphatic carbocycles. The van der Waals surface area contributed by atoms with Gasteiger partial charge >= 0.3 is 12.1 Å². The summed E-state index contributed by atoms with van der Waals surface area (Å²) in [5.41, 5.74) is -4.27. The number of methoxy groups -OCH3 is 1. The monoisotopic (exact) mass is 501 g/mol. The number of hydrogen-bond acceptors (Lipinski definition) is 4. The van der Waals surface area contributed by atoms with Crippen molar-refractivity contribution >= 4 is 41.8 Å². The Labute approximate surface area is 191 Å². The van der Waals surface area contributed by atoms with Gasteiger partial charge in [0.05, 0.1) is 17.9 Å². The molecule has 0 aliphatic heterocycles. The highest BCUT2D eigenvalue weighted by Crippen LogP contribution is 2.45. The number of alkyl halides is 5. The molecular formula is C20H18Cl2F5NO2S. The summed E-state index contributed by atoms with van der Waals surface area (Å²) in [4.78, 5) is 15.6. The third-order valence-corrected chi connectivity index (χ3v) is 5.49. The largest absolute Gasteiger partial charge is 0.465 e. The van der Waals surface area contributed by atoms with Crippen LogP contribution in [0.3, 0.4) is 0 Å². The van der Waals surface area contributed by atoms with Gasteiger partial charge in [-0.05, 0) is 41.7 Å². The first-order valence-corrected chi connectivity index (χ1v) is 10.2. The molecule has 0 aliphatic rings. The molecule has 1 heterocycles. The number of hydrogen-bond donors (Lipinski definition) is 1. The minimum atomic E-state index is -5.11. The van der Waals surface area contributed by atoms with E-state index in [2.05, 4.69) is 22.3 Å². The molecule has 0 saturated carbocycles. The number of ether oxygens (including phenoxy) is 1. The van der Waals surface area contributed by atoms with Crippen LogP contribution in [0.2, 0.25) is 10.0 Å². The molecule has 2 rings (SSSR count). The molecule has 0 N–H and O–H groups in total. The number of halogens is 7. The molecule has 0 bridgehead atoms. The molecule has 1 aromatic carbocycles. The van der Waals surface area contributed by atoms with Gasteiger partial charge in [-0.2, -0.15) is 25.8 Å². The smallest absolute Gasteiger partial charge is 0.433 e. The standard InChI is InChI=1S/C20H18Cl2F5NO2S/c1-8(2)6-11-13(19(29)30-3)15(18(23)24)28-17(20(25,26)27)14(11)16(31)10-7-9(21)4-5-12(10)22/h4-5,7-8,16,18,31H,6H2,1-3H3. The number of pyridine rings is 1. The van der Waals surface area contributed by atoms with E-state index < -0.39 is 46.3 Å². The molecule has 3 nitrogen and oxygen atoms in total. The van der Waals surface area contributed by atoms with Gasteiger partial charge in [-0.15, -0.1) is 0 Å². The molecular weight excluding hydrogens is 484 g/mol. The molecule has 0 spiro atoms. The van der Waals surface area contributed by atoms with Crippen molar-refractivity contribution in [2.24, 2.45) is 5.92 Å². The first kappa shape index (κ1) is 25.7. The SMILES string of the molecule is COC(=O)c1c(C(F)F)nc(C(F)(F)F)c(C(S)c2cc(Cl)ccc2Cl)c1CC(C)C. The van der Waals surface area contributed by atoms with E-state index in [4.69, 9.17) is 23.2 Å². The molecule has 0 saturated heterocycles. The van der Waals surface area contributed by atoms with E-state index in [1.165, 1.54) is 18.2 Å². The number of esters is 1. The van der Waals surface area contributed by atoms with E-state index in [1.54, 1.807) is 13.8 Å². The van der Waals surface area contributed by atoms with Gasteiger partial charge in [-0.3, -0.25) is 0 Å². The van der Waals surface area contributed by atoms with Crippen LogP contribution >= 0.6 is 35.8 Å². The number of aromatic nitrogens is 1. The molecule has 0 radical (unpaired) electrons. The maximum Gasteiger partial charge on any atom is 0.433 e. The fraction of sp³-hybridized carbons (Fsp3) is 0.400. The predicted molar refractivity (Wildman–Crippen MR) is 111 cm³/mol. The van der Waals surface area contributed by atoms with Crippen molar-refractivity contribution in [1.29, 1.82) is 0 Å². The Morgan fingerprint density at radius 1 is 1.23 bits per heavy atom. The van der Waals surface area contributed by atoms with Gasteiger partial charge in [0, 0.05) is 15.6 Å². The van der Waals surface area contributed by atoms with E-state index >= 15 is 0 Å². The lowest BCUT2D eigenvalue weighted by molar-refractivity contribution is -0.142. The molecule has 0 fully saturated rings. The normalized spacial score (nSPS) is 13.1. The lowest BCUT2D eigenvalue weighted by Crippen LogP contribution is -2.23. The fourth-order valence-electron chi connectivity index (χ4n) is 3.17. The molecule has 1 unspecified atom stereocenters. The molecule has 2 aromatic rings. The maximum absolute atomic E-state index is 14.0. The van der Waals surface area contributed by atoms with Crippen LogP contribution in [0.1, 0.15) is 64.0 Å². The van der Waals surface area contributed by atoms with Gasteiger partial charge in [-0.25, -0.2) is 18.6 Å². The van der Waals surface area contributed by atoms with Gasteiger partial charge in [0.2, 0.25) is 0 Å². The van der Waals surface area contributed by atoms with Crippen LogP contribution in [0.15, 0.2) is 18.2 Å². The van der Waals surface area contributed by atoms with E-state index in [-0.39, 0.29) is 33.5 Å². The fourth-order valence-corrected chi connectivity index (χ4v) is 4.14. The predicted octanol–water partition coefficient (Wildman–Crippen LogP) is 7.35. The first-order chi connectivity index (χ1) is 14.3. The molecule has 31 heavy (non-hydrogen) atoms. The molecule has 1 aromatic heterocycles. The van der Waals surface area contributed by atoms with Gasteiger partial charge in [0.15, 0.2) is 0 Å². The van der Waals surface area contributed by atoms with Crippen LogP contribution < -0.4 is 0 Å². The number of rotatable bonds is 6. The number of thiol groups is 1. The molecule has 1 atom stereocenters. The Bertz CT molecular complexity index is 983. The highest BCUT2D eigenvalue weighted by atomic mass is 35.5. The summed E-state index contributed by atoms with van der Waals surface area (Å²) >= 11 is 16.5. The van der Waals surface area contributed by atoms with Crippen molar-refractivity contribution in [1.82, 2.24) is 4.98 Å². The number of benzene rings is 1. The molecule has 170 valence electrons. The third-order valence-electron chi connectivity index (χ3n) is 4.37. The highest BCUT2D eigenvalue weighted by molar-refractivity contribution is 7.80. The van der Waals surface area contributed by atoms with Gasteiger partial charge in [0.25, 0.3) is 6.43 Å². The van der Waals surface area contributed by atoms with E-state index in [1.807, 2.05) is 0 Å². The third kappa shape index (κ3) is 5.62. The average Bonchev–Trinajstić information content (AvgIpc) is 2.66. The lowest BCUT2D eigenvalue weighted by atomic mass is 9.87. The van der Waals surface area contributed by atoms with Crippen molar-refractivity contribution < 1.29 is 31.5 Å². The van der Waals surface area contributed by atoms with Gasteiger partial charge < -0.3 is 4.74 Å². The van der Waals surface area contributed by atoms with E-state index in [9.17, 15) is 26.7 Å². The minimum Gasteiger partial charge on any atom is -0.465 e. The van der Waals surface area contributed by atoms with Crippen molar-refractivity contribution in [2.45, 2.75) is 38.1 Å². The van der Waals surface area contributed by atoms with Crippen LogP contribution in [0.5, 0.6) is 0 Å². The number of carbonyl (C=O) groups is 1. The number of carbonyl (C=O) groups excluding carboxylic acids is 1. The number of nitrogens with zero attached hydrogens (tertiary/aromatic N) is 1. The second-order valence-electron chi connectivity index (χ2n) is 7.07. The Kier molecular flexibility index (Phi) is 8.21. The zero-order valence-corrected chi connectivity index (χ0v) is 18.9. The van der Waals surface area contributed by atoms with Crippen LogP contribution in [0, 0.1) is 5.92 Å². The zero-order chi connectivity index (χ0) is 23.7. The summed E-state index contributed by atoms with van der Waals surface area (Å²) in [7, 11) is 0.945. The second kappa shape index (κ2) is 9.92. The molecule has 11 heteroatoms. The van der Waals surface area contributed by atoms with Crippen LogP contribution in [0.25, 0.3) is 0 Å². The van der Waals surface area contributed by atoms with E-state index in [0.717, 1.165) is 7.11 Å². The Morgan fingerprint density at radius 3 is 2.32 bits per heavy atom. The van der Waals surface area contributed by atoms with Gasteiger partial charge in [-0.1, -0.05) is 37.0 Å².